The number of fused-ring (bicyclic) bond motifs is 1. The van der Waals surface area contributed by atoms with E-state index in [2.05, 4.69) is 5.32 Å². The summed E-state index contributed by atoms with van der Waals surface area (Å²) in [6.45, 7) is 1.40. The van der Waals surface area contributed by atoms with Crippen LogP contribution >= 0.6 is 11.6 Å². The van der Waals surface area contributed by atoms with E-state index in [0.717, 1.165) is 23.3 Å². The van der Waals surface area contributed by atoms with Crippen LogP contribution in [0.2, 0.25) is 5.02 Å². The topological polar surface area (TPSA) is 38.3 Å². The molecular formula is C13H16ClNO2. The van der Waals surface area contributed by atoms with Crippen molar-refractivity contribution in [3.8, 4) is 5.75 Å². The number of Topliss-reactive ketones (excluding diaryl/α,β-unsaturated/α-hetero) is 1. The Labute approximate surface area is 106 Å². The summed E-state index contributed by atoms with van der Waals surface area (Å²) in [5.74, 6) is 1.08. The van der Waals surface area contributed by atoms with Gasteiger partial charge in [-0.05, 0) is 24.7 Å². The van der Waals surface area contributed by atoms with Gasteiger partial charge in [0.15, 0.2) is 0 Å². The zero-order valence-corrected chi connectivity index (χ0v) is 10.6. The molecule has 2 rings (SSSR count). The van der Waals surface area contributed by atoms with E-state index in [0.29, 0.717) is 31.0 Å². The molecule has 0 fully saturated rings. The molecule has 1 N–H and O–H groups in total. The van der Waals surface area contributed by atoms with Crippen LogP contribution in [0.25, 0.3) is 0 Å². The molecule has 0 bridgehead atoms. The zero-order valence-electron chi connectivity index (χ0n) is 9.88. The molecule has 1 aromatic carbocycles. The van der Waals surface area contributed by atoms with Crippen molar-refractivity contribution in [3.63, 3.8) is 0 Å². The second kappa shape index (κ2) is 5.52. The number of hydrogen-bond donors (Lipinski definition) is 1. The van der Waals surface area contributed by atoms with Gasteiger partial charge in [-0.1, -0.05) is 11.6 Å². The van der Waals surface area contributed by atoms with Crippen LogP contribution in [0, 0.1) is 0 Å². The first-order valence-electron chi connectivity index (χ1n) is 5.81. The lowest BCUT2D eigenvalue weighted by Crippen LogP contribution is -2.14. The molecular weight excluding hydrogens is 238 g/mol. The van der Waals surface area contributed by atoms with Gasteiger partial charge in [-0.15, -0.1) is 0 Å². The molecule has 0 aliphatic carbocycles. The van der Waals surface area contributed by atoms with E-state index in [-0.39, 0.29) is 5.78 Å². The summed E-state index contributed by atoms with van der Waals surface area (Å²) in [4.78, 5) is 11.7. The van der Waals surface area contributed by atoms with Gasteiger partial charge in [-0.25, -0.2) is 0 Å². The van der Waals surface area contributed by atoms with Crippen molar-refractivity contribution < 1.29 is 9.53 Å². The van der Waals surface area contributed by atoms with Crippen LogP contribution in [0.15, 0.2) is 12.1 Å². The van der Waals surface area contributed by atoms with Crippen LogP contribution in [0.5, 0.6) is 5.75 Å². The maximum atomic E-state index is 11.7. The first kappa shape index (κ1) is 12.4. The van der Waals surface area contributed by atoms with Crippen LogP contribution in [0.1, 0.15) is 17.5 Å². The predicted molar refractivity (Wildman–Crippen MR) is 67.9 cm³/mol. The number of benzene rings is 1. The summed E-state index contributed by atoms with van der Waals surface area (Å²) in [7, 11) is 1.84. The van der Waals surface area contributed by atoms with Crippen LogP contribution in [-0.2, 0) is 17.6 Å². The van der Waals surface area contributed by atoms with Crippen molar-refractivity contribution in [1.29, 1.82) is 0 Å². The predicted octanol–water partition coefficient (Wildman–Crippen LogP) is 2.00. The normalized spacial score (nSPS) is 13.3. The zero-order chi connectivity index (χ0) is 12.3. The SMILES string of the molecule is CNCCC(=O)Cc1cc(Cl)cc2c1OCC2. The number of carbonyl (C=O) groups excluding carboxylic acids is 1. The highest BCUT2D eigenvalue weighted by Crippen LogP contribution is 2.33. The molecule has 1 aliphatic heterocycles. The summed E-state index contributed by atoms with van der Waals surface area (Å²) in [5.41, 5.74) is 2.04. The summed E-state index contributed by atoms with van der Waals surface area (Å²) in [5, 5.41) is 3.66. The standard InChI is InChI=1S/C13H16ClNO2/c1-15-4-2-12(16)8-10-7-11(14)6-9-3-5-17-13(9)10/h6-7,15H,2-5,8H2,1H3. The molecule has 0 spiro atoms. The summed E-state index contributed by atoms with van der Waals surface area (Å²) >= 11 is 6.04. The first-order chi connectivity index (χ1) is 8.20. The maximum absolute atomic E-state index is 11.7. The number of hydrogen-bond acceptors (Lipinski definition) is 3. The molecule has 0 saturated carbocycles. The Morgan fingerprint density at radius 1 is 1.53 bits per heavy atom. The van der Waals surface area contributed by atoms with Gasteiger partial charge in [0.2, 0.25) is 0 Å². The number of carbonyl (C=O) groups is 1. The summed E-state index contributed by atoms with van der Waals surface area (Å²) in [6.07, 6.45) is 1.83. The van der Waals surface area contributed by atoms with Gasteiger partial charge in [0.05, 0.1) is 6.61 Å². The molecule has 0 unspecified atom stereocenters. The van der Waals surface area contributed by atoms with Gasteiger partial charge in [0, 0.05) is 36.4 Å². The number of rotatable bonds is 5. The van der Waals surface area contributed by atoms with Crippen molar-refractivity contribution in [1.82, 2.24) is 5.32 Å². The van der Waals surface area contributed by atoms with Crippen molar-refractivity contribution in [2.45, 2.75) is 19.3 Å². The van der Waals surface area contributed by atoms with Crippen molar-refractivity contribution in [2.75, 3.05) is 20.2 Å². The molecule has 92 valence electrons. The third-order valence-electron chi connectivity index (χ3n) is 2.87. The Bertz CT molecular complexity index is 432. The molecule has 0 aromatic heterocycles. The van der Waals surface area contributed by atoms with Crippen LogP contribution in [0.3, 0.4) is 0 Å². The van der Waals surface area contributed by atoms with Crippen LogP contribution < -0.4 is 10.1 Å². The molecule has 17 heavy (non-hydrogen) atoms. The molecule has 0 saturated heterocycles. The van der Waals surface area contributed by atoms with Crippen molar-refractivity contribution in [2.24, 2.45) is 0 Å². The van der Waals surface area contributed by atoms with E-state index in [1.807, 2.05) is 19.2 Å². The van der Waals surface area contributed by atoms with E-state index in [4.69, 9.17) is 16.3 Å². The van der Waals surface area contributed by atoms with Gasteiger partial charge < -0.3 is 10.1 Å². The highest BCUT2D eigenvalue weighted by molar-refractivity contribution is 6.30. The fourth-order valence-electron chi connectivity index (χ4n) is 2.04. The molecule has 4 heteroatoms. The Morgan fingerprint density at radius 3 is 3.12 bits per heavy atom. The second-order valence-corrected chi connectivity index (χ2v) is 4.66. The van der Waals surface area contributed by atoms with E-state index in [1.165, 1.54) is 0 Å². The fraction of sp³-hybridized carbons (Fsp3) is 0.462. The Balaban J connectivity index is 2.13. The lowest BCUT2D eigenvalue weighted by molar-refractivity contribution is -0.118. The molecule has 0 amide bonds. The maximum Gasteiger partial charge on any atom is 0.138 e. The molecule has 1 aromatic rings. The summed E-state index contributed by atoms with van der Waals surface area (Å²) < 4.78 is 5.56. The average Bonchev–Trinajstić information content (AvgIpc) is 2.74. The van der Waals surface area contributed by atoms with Gasteiger partial charge in [-0.3, -0.25) is 4.79 Å². The van der Waals surface area contributed by atoms with Gasteiger partial charge in [0.1, 0.15) is 11.5 Å². The molecule has 3 nitrogen and oxygen atoms in total. The van der Waals surface area contributed by atoms with E-state index < -0.39 is 0 Å². The lowest BCUT2D eigenvalue weighted by Gasteiger charge is -2.08. The van der Waals surface area contributed by atoms with Crippen LogP contribution in [0.4, 0.5) is 0 Å². The molecule has 0 atom stereocenters. The number of halogens is 1. The third-order valence-corrected chi connectivity index (χ3v) is 3.09. The minimum absolute atomic E-state index is 0.208. The average molecular weight is 254 g/mol. The van der Waals surface area contributed by atoms with E-state index in [1.54, 1.807) is 0 Å². The Kier molecular flexibility index (Phi) is 4.02. The van der Waals surface area contributed by atoms with Crippen molar-refractivity contribution >= 4 is 17.4 Å². The number of nitrogens with one attached hydrogen (secondary N) is 1. The first-order valence-corrected chi connectivity index (χ1v) is 6.19. The van der Waals surface area contributed by atoms with Gasteiger partial charge in [0.25, 0.3) is 0 Å². The monoisotopic (exact) mass is 253 g/mol. The fourth-order valence-corrected chi connectivity index (χ4v) is 2.31. The molecule has 1 heterocycles. The highest BCUT2D eigenvalue weighted by Gasteiger charge is 2.18. The Morgan fingerprint density at radius 2 is 2.35 bits per heavy atom. The second-order valence-electron chi connectivity index (χ2n) is 4.22. The highest BCUT2D eigenvalue weighted by atomic mass is 35.5. The van der Waals surface area contributed by atoms with Gasteiger partial charge in [-0.2, -0.15) is 0 Å². The smallest absolute Gasteiger partial charge is 0.138 e. The van der Waals surface area contributed by atoms with Crippen molar-refractivity contribution in [3.05, 3.63) is 28.3 Å². The van der Waals surface area contributed by atoms with Crippen LogP contribution in [-0.4, -0.2) is 26.0 Å². The third kappa shape index (κ3) is 2.99. The minimum Gasteiger partial charge on any atom is -0.493 e. The molecule has 1 aliphatic rings. The number of ketones is 1. The number of ether oxygens (including phenoxy) is 1. The summed E-state index contributed by atoms with van der Waals surface area (Å²) in [6, 6.07) is 3.76. The minimum atomic E-state index is 0.208. The van der Waals surface area contributed by atoms with Gasteiger partial charge >= 0.3 is 0 Å². The Hall–Kier alpha value is -1.06. The van der Waals surface area contributed by atoms with E-state index >= 15 is 0 Å². The molecule has 0 radical (unpaired) electrons. The lowest BCUT2D eigenvalue weighted by atomic mass is 10.0. The van der Waals surface area contributed by atoms with E-state index in [9.17, 15) is 4.79 Å². The quantitative estimate of drug-likeness (QED) is 0.872. The largest absolute Gasteiger partial charge is 0.493 e.